The van der Waals surface area contributed by atoms with Crippen LogP contribution in [0.4, 0.5) is 0 Å². The molecule has 2 aromatic rings. The van der Waals surface area contributed by atoms with Gasteiger partial charge >= 0.3 is 0 Å². The molecular weight excluding hydrogens is 278 g/mol. The summed E-state index contributed by atoms with van der Waals surface area (Å²) in [7, 11) is 1.90. The Morgan fingerprint density at radius 1 is 1.45 bits per heavy atom. The minimum Gasteiger partial charge on any atom is -0.334 e. The molecule has 0 spiro atoms. The largest absolute Gasteiger partial charge is 0.334 e. The molecule has 0 aliphatic carbocycles. The maximum atomic E-state index is 12.5. The molecule has 0 atom stereocenters. The highest BCUT2D eigenvalue weighted by atomic mass is 16.2. The van der Waals surface area contributed by atoms with Gasteiger partial charge in [0.1, 0.15) is 5.69 Å². The van der Waals surface area contributed by atoms with Crippen LogP contribution in [0.15, 0.2) is 18.2 Å². The molecule has 0 fully saturated rings. The van der Waals surface area contributed by atoms with Gasteiger partial charge in [0.2, 0.25) is 0 Å². The van der Waals surface area contributed by atoms with Crippen LogP contribution < -0.4 is 0 Å². The first-order valence-electron chi connectivity index (χ1n) is 7.34. The molecule has 118 valence electrons. The Labute approximate surface area is 130 Å². The number of carbonyl (C=O) groups is 1. The van der Waals surface area contributed by atoms with Gasteiger partial charge in [0.15, 0.2) is 0 Å². The predicted octanol–water partition coefficient (Wildman–Crippen LogP) is 2.47. The maximum absolute atomic E-state index is 12.5. The normalized spacial score (nSPS) is 10.8. The Hall–Kier alpha value is -2.37. The lowest BCUT2D eigenvalue weighted by molar-refractivity contribution is 0.0772. The number of aromatic nitrogens is 4. The van der Waals surface area contributed by atoms with Crippen molar-refractivity contribution in [3.8, 4) is 11.3 Å². The first-order valence-corrected chi connectivity index (χ1v) is 7.34. The van der Waals surface area contributed by atoms with E-state index in [1.165, 1.54) is 0 Å². The second kappa shape index (κ2) is 6.17. The van der Waals surface area contributed by atoms with Crippen molar-refractivity contribution in [2.24, 2.45) is 7.05 Å². The van der Waals surface area contributed by atoms with Gasteiger partial charge in [-0.05, 0) is 33.8 Å². The second-order valence-corrected chi connectivity index (χ2v) is 5.61. The Kier molecular flexibility index (Phi) is 4.49. The number of aryl methyl sites for hydroxylation is 2. The van der Waals surface area contributed by atoms with Gasteiger partial charge in [-0.1, -0.05) is 12.2 Å². The molecule has 0 unspecified atom stereocenters. The summed E-state index contributed by atoms with van der Waals surface area (Å²) in [6.07, 6.45) is 0. The van der Waals surface area contributed by atoms with Crippen LogP contribution >= 0.6 is 0 Å². The van der Waals surface area contributed by atoms with Gasteiger partial charge in [-0.3, -0.25) is 14.6 Å². The molecular formula is C16H23N5O. The van der Waals surface area contributed by atoms with Crippen molar-refractivity contribution in [2.75, 3.05) is 13.1 Å². The van der Waals surface area contributed by atoms with Crippen LogP contribution in [0, 0.1) is 13.8 Å². The molecule has 6 heteroatoms. The van der Waals surface area contributed by atoms with E-state index in [0.29, 0.717) is 18.8 Å². The van der Waals surface area contributed by atoms with Gasteiger partial charge < -0.3 is 4.90 Å². The zero-order chi connectivity index (χ0) is 16.4. The molecule has 22 heavy (non-hydrogen) atoms. The fourth-order valence-electron chi connectivity index (χ4n) is 2.53. The zero-order valence-electron chi connectivity index (χ0n) is 13.9. The summed E-state index contributed by atoms with van der Waals surface area (Å²) in [5, 5.41) is 11.5. The van der Waals surface area contributed by atoms with E-state index >= 15 is 0 Å². The Balaban J connectivity index is 2.31. The number of aromatic amines is 1. The lowest BCUT2D eigenvalue weighted by Gasteiger charge is -2.19. The summed E-state index contributed by atoms with van der Waals surface area (Å²) in [5.41, 5.74) is 5.09. The van der Waals surface area contributed by atoms with Crippen molar-refractivity contribution in [3.63, 3.8) is 0 Å². The molecule has 2 heterocycles. The number of hydrogen-bond acceptors (Lipinski definition) is 3. The molecule has 0 aromatic carbocycles. The highest BCUT2D eigenvalue weighted by molar-refractivity contribution is 5.93. The average Bonchev–Trinajstić information content (AvgIpc) is 3.01. The van der Waals surface area contributed by atoms with Gasteiger partial charge in [-0.25, -0.2) is 0 Å². The lowest BCUT2D eigenvalue weighted by Crippen LogP contribution is -2.32. The number of nitrogens with one attached hydrogen (secondary N) is 1. The number of hydrogen-bond donors (Lipinski definition) is 1. The molecule has 0 saturated heterocycles. The van der Waals surface area contributed by atoms with Crippen molar-refractivity contribution in [2.45, 2.75) is 27.7 Å². The third-order valence-corrected chi connectivity index (χ3v) is 3.70. The standard InChI is InChI=1S/C16H23N5O/c1-7-21(9-10(2)3)16(22)14-8-13(17-18-14)15-11(4)19-20(6)12(15)5/h8H,2,7,9H2,1,3-6H3,(H,17,18). The van der Waals surface area contributed by atoms with Crippen LogP contribution in [0.25, 0.3) is 11.3 Å². The molecule has 0 aliphatic heterocycles. The summed E-state index contributed by atoms with van der Waals surface area (Å²) < 4.78 is 1.82. The fourth-order valence-corrected chi connectivity index (χ4v) is 2.53. The van der Waals surface area contributed by atoms with Crippen molar-refractivity contribution in [1.29, 1.82) is 0 Å². The Bertz CT molecular complexity index is 710. The van der Waals surface area contributed by atoms with Gasteiger partial charge in [0.25, 0.3) is 5.91 Å². The summed E-state index contributed by atoms with van der Waals surface area (Å²) >= 11 is 0. The van der Waals surface area contributed by atoms with E-state index in [4.69, 9.17) is 0 Å². The molecule has 0 aliphatic rings. The van der Waals surface area contributed by atoms with E-state index in [9.17, 15) is 4.79 Å². The van der Waals surface area contributed by atoms with Crippen LogP contribution in [-0.4, -0.2) is 43.9 Å². The van der Waals surface area contributed by atoms with Crippen molar-refractivity contribution in [3.05, 3.63) is 35.3 Å². The highest BCUT2D eigenvalue weighted by Gasteiger charge is 2.20. The van der Waals surface area contributed by atoms with Crippen LogP contribution in [-0.2, 0) is 7.05 Å². The number of H-pyrrole nitrogens is 1. The van der Waals surface area contributed by atoms with Crippen LogP contribution in [0.3, 0.4) is 0 Å². The van der Waals surface area contributed by atoms with E-state index in [-0.39, 0.29) is 5.91 Å². The Morgan fingerprint density at radius 3 is 2.64 bits per heavy atom. The second-order valence-electron chi connectivity index (χ2n) is 5.61. The minimum atomic E-state index is -0.0663. The van der Waals surface area contributed by atoms with E-state index in [0.717, 1.165) is 28.2 Å². The zero-order valence-corrected chi connectivity index (χ0v) is 13.9. The molecule has 1 N–H and O–H groups in total. The van der Waals surface area contributed by atoms with Gasteiger partial charge in [0, 0.05) is 31.4 Å². The number of rotatable bonds is 5. The first-order chi connectivity index (χ1) is 10.3. The highest BCUT2D eigenvalue weighted by Crippen LogP contribution is 2.25. The average molecular weight is 301 g/mol. The van der Waals surface area contributed by atoms with E-state index in [1.54, 1.807) is 11.0 Å². The third-order valence-electron chi connectivity index (χ3n) is 3.70. The molecule has 0 radical (unpaired) electrons. The number of amides is 1. The topological polar surface area (TPSA) is 66.8 Å². The van der Waals surface area contributed by atoms with Crippen molar-refractivity contribution >= 4 is 5.91 Å². The first kappa shape index (κ1) is 16.0. The summed E-state index contributed by atoms with van der Waals surface area (Å²) in [6.45, 7) is 12.8. The van der Waals surface area contributed by atoms with Crippen LogP contribution in [0.5, 0.6) is 0 Å². The van der Waals surface area contributed by atoms with E-state index < -0.39 is 0 Å². The number of nitrogens with zero attached hydrogens (tertiary/aromatic N) is 4. The lowest BCUT2D eigenvalue weighted by atomic mass is 10.1. The quantitative estimate of drug-likeness (QED) is 0.863. The Morgan fingerprint density at radius 2 is 2.14 bits per heavy atom. The molecule has 2 rings (SSSR count). The molecule has 6 nitrogen and oxygen atoms in total. The van der Waals surface area contributed by atoms with Crippen LogP contribution in [0.1, 0.15) is 35.7 Å². The number of likely N-dealkylation sites (N-methyl/N-ethyl adjacent to an activating group) is 1. The summed E-state index contributed by atoms with van der Waals surface area (Å²) in [6, 6.07) is 1.79. The van der Waals surface area contributed by atoms with Gasteiger partial charge in [-0.15, -0.1) is 0 Å². The number of carbonyl (C=O) groups excluding carboxylic acids is 1. The summed E-state index contributed by atoms with van der Waals surface area (Å²) in [4.78, 5) is 14.3. The van der Waals surface area contributed by atoms with Gasteiger partial charge in [0.05, 0.1) is 11.4 Å². The maximum Gasteiger partial charge on any atom is 0.272 e. The van der Waals surface area contributed by atoms with Crippen LogP contribution in [0.2, 0.25) is 0 Å². The molecule has 2 aromatic heterocycles. The summed E-state index contributed by atoms with van der Waals surface area (Å²) in [5.74, 6) is -0.0663. The monoisotopic (exact) mass is 301 g/mol. The molecule has 0 saturated carbocycles. The predicted molar refractivity (Wildman–Crippen MR) is 86.7 cm³/mol. The molecule has 0 bridgehead atoms. The SMILES string of the molecule is C=C(C)CN(CC)C(=O)c1cc(-c2c(C)nn(C)c2C)n[nH]1. The van der Waals surface area contributed by atoms with Crippen molar-refractivity contribution in [1.82, 2.24) is 24.9 Å². The van der Waals surface area contributed by atoms with Gasteiger partial charge in [-0.2, -0.15) is 10.2 Å². The third kappa shape index (κ3) is 2.95. The van der Waals surface area contributed by atoms with Crippen molar-refractivity contribution < 1.29 is 4.79 Å². The minimum absolute atomic E-state index is 0.0663. The molecule has 1 amide bonds. The van der Waals surface area contributed by atoms with E-state index in [1.807, 2.05) is 39.4 Å². The fraction of sp³-hybridized carbons (Fsp3) is 0.438. The van der Waals surface area contributed by atoms with E-state index in [2.05, 4.69) is 21.9 Å². The smallest absolute Gasteiger partial charge is 0.272 e.